The predicted molar refractivity (Wildman–Crippen MR) is 136 cm³/mol. The van der Waals surface area contributed by atoms with Crippen molar-refractivity contribution < 1.29 is 19.7 Å². The van der Waals surface area contributed by atoms with Crippen LogP contribution in [0.15, 0.2) is 54.6 Å². The Morgan fingerprint density at radius 1 is 0.636 bits per heavy atom. The molecule has 0 unspecified atom stereocenters. The van der Waals surface area contributed by atoms with E-state index >= 15 is 0 Å². The molecule has 4 aromatic rings. The summed E-state index contributed by atoms with van der Waals surface area (Å²) in [6.45, 7) is 7.47. The van der Waals surface area contributed by atoms with Crippen LogP contribution >= 0.6 is 0 Å². The molecule has 33 heavy (non-hydrogen) atoms. The highest BCUT2D eigenvalue weighted by molar-refractivity contribution is 6.04. The number of ether oxygens (including phenoxy) is 2. The minimum Gasteiger partial charge on any atom is -0.507 e. The summed E-state index contributed by atoms with van der Waals surface area (Å²) in [6.07, 6.45) is 3.96. The van der Waals surface area contributed by atoms with Crippen molar-refractivity contribution in [3.05, 3.63) is 60.2 Å². The van der Waals surface area contributed by atoms with Gasteiger partial charge in [0.2, 0.25) is 0 Å². The van der Waals surface area contributed by atoms with Crippen molar-refractivity contribution in [1.82, 2.24) is 0 Å². The highest BCUT2D eigenvalue weighted by Crippen LogP contribution is 2.48. The summed E-state index contributed by atoms with van der Waals surface area (Å²) in [4.78, 5) is 0. The van der Waals surface area contributed by atoms with Gasteiger partial charge in [-0.15, -0.1) is 0 Å². The second-order valence-corrected chi connectivity index (χ2v) is 8.54. The smallest absolute Gasteiger partial charge is 0.131 e. The molecule has 0 atom stereocenters. The topological polar surface area (TPSA) is 58.9 Å². The lowest BCUT2D eigenvalue weighted by molar-refractivity contribution is 0.312. The van der Waals surface area contributed by atoms with Gasteiger partial charge in [0, 0.05) is 32.7 Å². The summed E-state index contributed by atoms with van der Waals surface area (Å²) in [5.41, 5.74) is 2.15. The summed E-state index contributed by atoms with van der Waals surface area (Å²) >= 11 is 0. The molecule has 0 bridgehead atoms. The zero-order chi connectivity index (χ0) is 23.4. The number of fused-ring (bicyclic) bond motifs is 2. The molecule has 0 aliphatic carbocycles. The van der Waals surface area contributed by atoms with E-state index in [1.54, 1.807) is 0 Å². The number of phenols is 2. The Balaban J connectivity index is 1.94. The lowest BCUT2D eigenvalue weighted by atomic mass is 9.94. The van der Waals surface area contributed by atoms with Crippen LogP contribution in [-0.4, -0.2) is 23.4 Å². The Hall–Kier alpha value is -3.40. The first kappa shape index (κ1) is 22.8. The predicted octanol–water partition coefficient (Wildman–Crippen LogP) is 7.74. The Kier molecular flexibility index (Phi) is 6.93. The maximum Gasteiger partial charge on any atom is 0.131 e. The minimum absolute atomic E-state index is 0.120. The van der Waals surface area contributed by atoms with Gasteiger partial charge in [-0.25, -0.2) is 0 Å². The molecule has 0 radical (unpaired) electrons. The van der Waals surface area contributed by atoms with Crippen LogP contribution < -0.4 is 9.47 Å². The van der Waals surface area contributed by atoms with E-state index in [0.717, 1.165) is 42.0 Å². The molecule has 172 valence electrons. The van der Waals surface area contributed by atoms with Crippen molar-refractivity contribution in [2.75, 3.05) is 13.2 Å². The van der Waals surface area contributed by atoms with E-state index in [4.69, 9.17) is 9.47 Å². The molecule has 0 saturated carbocycles. The van der Waals surface area contributed by atoms with Gasteiger partial charge in [-0.3, -0.25) is 0 Å². The Morgan fingerprint density at radius 2 is 1.15 bits per heavy atom. The largest absolute Gasteiger partial charge is 0.507 e. The second-order valence-electron chi connectivity index (χ2n) is 8.54. The Morgan fingerprint density at radius 3 is 1.73 bits per heavy atom. The van der Waals surface area contributed by atoms with Gasteiger partial charge in [0.05, 0.1) is 13.2 Å². The van der Waals surface area contributed by atoms with Gasteiger partial charge in [0.1, 0.15) is 23.0 Å². The van der Waals surface area contributed by atoms with Gasteiger partial charge in [-0.05, 0) is 38.0 Å². The fraction of sp³-hybridized carbons (Fsp3) is 0.310. The third-order valence-corrected chi connectivity index (χ3v) is 6.01. The average Bonchev–Trinajstić information content (AvgIpc) is 2.82. The zero-order valence-electron chi connectivity index (χ0n) is 19.6. The Bertz CT molecular complexity index is 1280. The summed E-state index contributed by atoms with van der Waals surface area (Å²) < 4.78 is 12.3. The van der Waals surface area contributed by atoms with Gasteiger partial charge in [-0.1, -0.05) is 68.7 Å². The molecular formula is C29H32O4. The van der Waals surface area contributed by atoms with Gasteiger partial charge in [0.25, 0.3) is 0 Å². The van der Waals surface area contributed by atoms with E-state index in [1.807, 2.05) is 61.5 Å². The van der Waals surface area contributed by atoms with Crippen molar-refractivity contribution in [1.29, 1.82) is 0 Å². The molecule has 0 aliphatic rings. The number of phenolic OH excluding ortho intramolecular Hbond substituents is 2. The summed E-state index contributed by atoms with van der Waals surface area (Å²) in [6, 6.07) is 17.2. The molecule has 4 heteroatoms. The number of aryl methyl sites for hydroxylation is 1. The molecule has 4 nitrogen and oxygen atoms in total. The van der Waals surface area contributed by atoms with E-state index in [9.17, 15) is 10.2 Å². The average molecular weight is 445 g/mol. The SMILES string of the molecule is CCCCOc1cc(-c2cc(OCCCC)c3cc(C)ccc3c2O)c(O)c2ccccc12. The maximum atomic E-state index is 11.3. The van der Waals surface area contributed by atoms with Crippen molar-refractivity contribution in [3.63, 3.8) is 0 Å². The third-order valence-electron chi connectivity index (χ3n) is 6.01. The number of unbranched alkanes of at least 4 members (excludes halogenated alkanes) is 2. The second kappa shape index (κ2) is 10.0. The molecule has 2 N–H and O–H groups in total. The fourth-order valence-electron chi connectivity index (χ4n) is 4.12. The summed E-state index contributed by atoms with van der Waals surface area (Å²) in [5.74, 6) is 1.65. The molecule has 0 saturated heterocycles. The van der Waals surface area contributed by atoms with Gasteiger partial charge >= 0.3 is 0 Å². The van der Waals surface area contributed by atoms with Crippen LogP contribution in [0.2, 0.25) is 0 Å². The first-order valence-corrected chi connectivity index (χ1v) is 11.8. The van der Waals surface area contributed by atoms with Gasteiger partial charge in [0.15, 0.2) is 0 Å². The lowest BCUT2D eigenvalue weighted by Crippen LogP contribution is -1.99. The highest BCUT2D eigenvalue weighted by atomic mass is 16.5. The molecule has 4 aromatic carbocycles. The van der Waals surface area contributed by atoms with Crippen LogP contribution in [0.5, 0.6) is 23.0 Å². The van der Waals surface area contributed by atoms with Gasteiger partial charge < -0.3 is 19.7 Å². The zero-order valence-corrected chi connectivity index (χ0v) is 19.6. The monoisotopic (exact) mass is 444 g/mol. The molecule has 0 heterocycles. The van der Waals surface area contributed by atoms with Gasteiger partial charge in [-0.2, -0.15) is 0 Å². The summed E-state index contributed by atoms with van der Waals surface area (Å²) in [7, 11) is 0. The van der Waals surface area contributed by atoms with Crippen LogP contribution in [0.1, 0.15) is 45.1 Å². The normalized spacial score (nSPS) is 11.2. The van der Waals surface area contributed by atoms with Crippen LogP contribution in [-0.2, 0) is 0 Å². The number of benzene rings is 4. The molecule has 0 amide bonds. The van der Waals surface area contributed by atoms with Crippen LogP contribution in [0.25, 0.3) is 32.7 Å². The number of hydrogen-bond donors (Lipinski definition) is 2. The van der Waals surface area contributed by atoms with Crippen molar-refractivity contribution >= 4 is 21.5 Å². The van der Waals surface area contributed by atoms with E-state index in [0.29, 0.717) is 46.6 Å². The van der Waals surface area contributed by atoms with E-state index in [1.165, 1.54) is 0 Å². The third kappa shape index (κ3) is 4.56. The number of rotatable bonds is 9. The van der Waals surface area contributed by atoms with Crippen molar-refractivity contribution in [3.8, 4) is 34.1 Å². The first-order valence-electron chi connectivity index (χ1n) is 11.8. The minimum atomic E-state index is 0.120. The molecule has 4 rings (SSSR count). The van der Waals surface area contributed by atoms with E-state index in [-0.39, 0.29) is 11.5 Å². The first-order chi connectivity index (χ1) is 16.0. The van der Waals surface area contributed by atoms with Crippen molar-refractivity contribution in [2.45, 2.75) is 46.5 Å². The molecular weight excluding hydrogens is 412 g/mol. The van der Waals surface area contributed by atoms with E-state index in [2.05, 4.69) is 13.8 Å². The van der Waals surface area contributed by atoms with Crippen LogP contribution in [0.4, 0.5) is 0 Å². The molecule has 0 aromatic heterocycles. The Labute approximate surface area is 195 Å². The van der Waals surface area contributed by atoms with Crippen molar-refractivity contribution in [2.24, 2.45) is 0 Å². The standard InChI is InChI=1S/C29H32O4/c1-4-6-14-32-26-17-24(28(30)21-11-9-8-10-20(21)26)25-18-27(33-15-7-5-2)23-16-19(3)12-13-22(23)29(25)31/h8-13,16-18,30-31H,4-7,14-15H2,1-3H3. The molecule has 0 spiro atoms. The fourth-order valence-corrected chi connectivity index (χ4v) is 4.12. The lowest BCUT2D eigenvalue weighted by Gasteiger charge is -2.18. The highest BCUT2D eigenvalue weighted by Gasteiger charge is 2.20. The van der Waals surface area contributed by atoms with E-state index < -0.39 is 0 Å². The molecule has 0 fully saturated rings. The number of hydrogen-bond acceptors (Lipinski definition) is 4. The van der Waals surface area contributed by atoms with Crippen LogP contribution in [0.3, 0.4) is 0 Å². The molecule has 0 aliphatic heterocycles. The summed E-state index contributed by atoms with van der Waals surface area (Å²) in [5, 5.41) is 25.6. The number of aromatic hydroxyl groups is 2. The maximum absolute atomic E-state index is 11.3. The quantitative estimate of drug-likeness (QED) is 0.259. The van der Waals surface area contributed by atoms with Crippen LogP contribution in [0, 0.1) is 6.92 Å².